The van der Waals surface area contributed by atoms with Gasteiger partial charge in [-0.2, -0.15) is 0 Å². The molecule has 1 nitrogen and oxygen atoms in total. The summed E-state index contributed by atoms with van der Waals surface area (Å²) in [6.45, 7) is 0. The smallest absolute Gasteiger partial charge is 0.0696 e. The largest absolute Gasteiger partial charge is 0.380 e. The van der Waals surface area contributed by atoms with Gasteiger partial charge in [0.2, 0.25) is 0 Å². The lowest BCUT2D eigenvalue weighted by atomic mass is 9.98. The van der Waals surface area contributed by atoms with Crippen molar-refractivity contribution in [3.05, 3.63) is 0 Å². The summed E-state index contributed by atoms with van der Waals surface area (Å²) in [5, 5.41) is 0. The third-order valence-electron chi connectivity index (χ3n) is 2.42. The lowest BCUT2D eigenvalue weighted by Crippen LogP contribution is -2.24. The zero-order valence-corrected chi connectivity index (χ0v) is 8.77. The number of hydrogen-bond acceptors (Lipinski definition) is 1. The molecule has 1 aliphatic rings. The molecule has 2 atom stereocenters. The van der Waals surface area contributed by atoms with E-state index in [1.165, 1.54) is 38.5 Å². The summed E-state index contributed by atoms with van der Waals surface area (Å²) >= 11 is 3.67. The Morgan fingerprint density at radius 3 is 2.36 bits per heavy atom. The summed E-state index contributed by atoms with van der Waals surface area (Å²) < 4.78 is 5.39. The zero-order valence-electron chi connectivity index (χ0n) is 7.18. The lowest BCUT2D eigenvalue weighted by molar-refractivity contribution is 0.0863. The van der Waals surface area contributed by atoms with E-state index in [9.17, 15) is 0 Å². The quantitative estimate of drug-likeness (QED) is 0.618. The predicted octanol–water partition coefficient (Wildman–Crippen LogP) is 3.12. The SMILES string of the molecule is CO[C@@H]1CCCCCC[C@H]1Br. The summed E-state index contributed by atoms with van der Waals surface area (Å²) in [6.07, 6.45) is 8.44. The van der Waals surface area contributed by atoms with Crippen LogP contribution in [0.25, 0.3) is 0 Å². The maximum Gasteiger partial charge on any atom is 0.0696 e. The van der Waals surface area contributed by atoms with Crippen LogP contribution in [0.15, 0.2) is 0 Å². The van der Waals surface area contributed by atoms with Crippen molar-refractivity contribution in [2.45, 2.75) is 49.5 Å². The van der Waals surface area contributed by atoms with Gasteiger partial charge in [-0.05, 0) is 12.8 Å². The normalized spacial score (nSPS) is 34.4. The minimum atomic E-state index is 0.454. The van der Waals surface area contributed by atoms with E-state index in [1.807, 2.05) is 7.11 Å². The Kier molecular flexibility index (Phi) is 4.46. The van der Waals surface area contributed by atoms with Crippen molar-refractivity contribution in [3.8, 4) is 0 Å². The van der Waals surface area contributed by atoms with Crippen LogP contribution in [-0.2, 0) is 4.74 Å². The summed E-state index contributed by atoms with van der Waals surface area (Å²) in [4.78, 5) is 0.591. The molecule has 0 aromatic carbocycles. The third kappa shape index (κ3) is 3.12. The minimum absolute atomic E-state index is 0.454. The van der Waals surface area contributed by atoms with Gasteiger partial charge in [-0.1, -0.05) is 41.6 Å². The third-order valence-corrected chi connectivity index (χ3v) is 3.47. The second-order valence-electron chi connectivity index (χ2n) is 3.28. The second-order valence-corrected chi connectivity index (χ2v) is 4.46. The van der Waals surface area contributed by atoms with Crippen molar-refractivity contribution in [1.29, 1.82) is 0 Å². The number of alkyl halides is 1. The predicted molar refractivity (Wildman–Crippen MR) is 51.2 cm³/mol. The minimum Gasteiger partial charge on any atom is -0.380 e. The molecule has 2 heteroatoms. The van der Waals surface area contributed by atoms with E-state index in [0.29, 0.717) is 10.9 Å². The van der Waals surface area contributed by atoms with E-state index in [2.05, 4.69) is 15.9 Å². The fourth-order valence-corrected chi connectivity index (χ4v) is 2.47. The standard InChI is InChI=1S/C9H17BrO/c1-11-9-7-5-3-2-4-6-8(9)10/h8-9H,2-7H2,1H3/t8-,9-/m1/s1. The van der Waals surface area contributed by atoms with Crippen LogP contribution >= 0.6 is 15.9 Å². The monoisotopic (exact) mass is 220 g/mol. The first kappa shape index (κ1) is 9.53. The molecule has 1 fully saturated rings. The van der Waals surface area contributed by atoms with Crippen molar-refractivity contribution in [3.63, 3.8) is 0 Å². The van der Waals surface area contributed by atoms with Crippen LogP contribution in [0.4, 0.5) is 0 Å². The van der Waals surface area contributed by atoms with Crippen LogP contribution in [-0.4, -0.2) is 18.0 Å². The highest BCUT2D eigenvalue weighted by atomic mass is 79.9. The Bertz CT molecular complexity index is 106. The van der Waals surface area contributed by atoms with Gasteiger partial charge in [0, 0.05) is 11.9 Å². The van der Waals surface area contributed by atoms with Crippen LogP contribution < -0.4 is 0 Å². The van der Waals surface area contributed by atoms with E-state index in [1.54, 1.807) is 0 Å². The maximum absolute atomic E-state index is 5.39. The van der Waals surface area contributed by atoms with Gasteiger partial charge in [0.25, 0.3) is 0 Å². The fraction of sp³-hybridized carbons (Fsp3) is 1.00. The first-order chi connectivity index (χ1) is 5.34. The second kappa shape index (κ2) is 5.15. The van der Waals surface area contributed by atoms with E-state index >= 15 is 0 Å². The van der Waals surface area contributed by atoms with Crippen molar-refractivity contribution in [1.82, 2.24) is 0 Å². The fourth-order valence-electron chi connectivity index (χ4n) is 1.67. The molecule has 0 N–H and O–H groups in total. The molecule has 11 heavy (non-hydrogen) atoms. The molecule has 1 rings (SSSR count). The number of rotatable bonds is 1. The van der Waals surface area contributed by atoms with Gasteiger partial charge in [0.15, 0.2) is 0 Å². The van der Waals surface area contributed by atoms with Crippen molar-refractivity contribution >= 4 is 15.9 Å². The Balaban J connectivity index is 2.33. The lowest BCUT2D eigenvalue weighted by Gasteiger charge is -2.23. The molecular weight excluding hydrogens is 204 g/mol. The highest BCUT2D eigenvalue weighted by molar-refractivity contribution is 9.09. The summed E-state index contributed by atoms with van der Waals surface area (Å²) in [6, 6.07) is 0. The zero-order chi connectivity index (χ0) is 8.10. The number of hydrogen-bond donors (Lipinski definition) is 0. The van der Waals surface area contributed by atoms with Gasteiger partial charge >= 0.3 is 0 Å². The van der Waals surface area contributed by atoms with Crippen LogP contribution in [0, 0.1) is 0 Å². The van der Waals surface area contributed by atoms with Crippen molar-refractivity contribution in [2.24, 2.45) is 0 Å². The molecule has 0 radical (unpaired) electrons. The molecule has 0 spiro atoms. The topological polar surface area (TPSA) is 9.23 Å². The van der Waals surface area contributed by atoms with Gasteiger partial charge in [-0.25, -0.2) is 0 Å². The van der Waals surface area contributed by atoms with Gasteiger partial charge < -0.3 is 4.74 Å². The van der Waals surface area contributed by atoms with Crippen molar-refractivity contribution in [2.75, 3.05) is 7.11 Å². The van der Waals surface area contributed by atoms with Crippen LogP contribution in [0.2, 0.25) is 0 Å². The summed E-state index contributed by atoms with van der Waals surface area (Å²) in [5.41, 5.74) is 0. The molecule has 0 aromatic rings. The number of methoxy groups -OCH3 is 1. The average molecular weight is 221 g/mol. The highest BCUT2D eigenvalue weighted by Gasteiger charge is 2.19. The Hall–Kier alpha value is 0.440. The maximum atomic E-state index is 5.39. The number of ether oxygens (including phenoxy) is 1. The molecule has 1 aliphatic carbocycles. The molecule has 1 saturated carbocycles. The van der Waals surface area contributed by atoms with Gasteiger partial charge in [-0.3, -0.25) is 0 Å². The molecule has 0 amide bonds. The molecule has 0 heterocycles. The molecule has 0 unspecified atom stereocenters. The molecule has 0 bridgehead atoms. The average Bonchev–Trinajstić information content (AvgIpc) is 1.98. The summed E-state index contributed by atoms with van der Waals surface area (Å²) in [7, 11) is 1.82. The molecule has 0 aromatic heterocycles. The van der Waals surface area contributed by atoms with Gasteiger partial charge in [0.1, 0.15) is 0 Å². The first-order valence-corrected chi connectivity index (χ1v) is 5.43. The van der Waals surface area contributed by atoms with E-state index in [0.717, 1.165) is 0 Å². The number of halogens is 1. The Morgan fingerprint density at radius 1 is 1.09 bits per heavy atom. The van der Waals surface area contributed by atoms with E-state index < -0.39 is 0 Å². The molecule has 66 valence electrons. The first-order valence-electron chi connectivity index (χ1n) is 4.51. The van der Waals surface area contributed by atoms with Crippen molar-refractivity contribution < 1.29 is 4.74 Å². The van der Waals surface area contributed by atoms with E-state index in [4.69, 9.17) is 4.74 Å². The highest BCUT2D eigenvalue weighted by Crippen LogP contribution is 2.24. The van der Waals surface area contributed by atoms with Crippen LogP contribution in [0.1, 0.15) is 38.5 Å². The van der Waals surface area contributed by atoms with Crippen LogP contribution in [0.3, 0.4) is 0 Å². The summed E-state index contributed by atoms with van der Waals surface area (Å²) in [5.74, 6) is 0. The Labute approximate surface area is 77.6 Å². The molecule has 0 saturated heterocycles. The molecule has 0 aliphatic heterocycles. The van der Waals surface area contributed by atoms with Gasteiger partial charge in [-0.15, -0.1) is 0 Å². The van der Waals surface area contributed by atoms with Gasteiger partial charge in [0.05, 0.1) is 6.10 Å². The Morgan fingerprint density at radius 2 is 1.73 bits per heavy atom. The van der Waals surface area contributed by atoms with Crippen LogP contribution in [0.5, 0.6) is 0 Å². The molecular formula is C9H17BrO. The van der Waals surface area contributed by atoms with E-state index in [-0.39, 0.29) is 0 Å².